The van der Waals surface area contributed by atoms with Crippen LogP contribution in [-0.4, -0.2) is 26.0 Å². The molecule has 1 unspecified atom stereocenters. The lowest BCUT2D eigenvalue weighted by Gasteiger charge is -2.17. The second-order valence-corrected chi connectivity index (χ2v) is 6.74. The van der Waals surface area contributed by atoms with Crippen LogP contribution in [0.15, 0.2) is 23.1 Å². The van der Waals surface area contributed by atoms with Crippen molar-refractivity contribution in [3.63, 3.8) is 0 Å². The minimum absolute atomic E-state index is 0.264. The van der Waals surface area contributed by atoms with E-state index in [1.807, 2.05) is 0 Å². The number of rotatable bonds is 6. The van der Waals surface area contributed by atoms with Crippen molar-refractivity contribution < 1.29 is 22.7 Å². The van der Waals surface area contributed by atoms with E-state index < -0.39 is 32.6 Å². The highest BCUT2D eigenvalue weighted by atomic mass is 35.5. The molecule has 0 aliphatic rings. The normalized spacial score (nSPS) is 13.4. The smallest absolute Gasteiger partial charge is 0.308 e. The highest BCUT2D eigenvalue weighted by Crippen LogP contribution is 2.22. The second kappa shape index (κ2) is 6.51. The van der Waals surface area contributed by atoms with E-state index in [2.05, 4.69) is 4.72 Å². The zero-order valence-corrected chi connectivity index (χ0v) is 12.5. The molecule has 0 amide bonds. The van der Waals surface area contributed by atoms with Crippen LogP contribution < -0.4 is 4.72 Å². The van der Waals surface area contributed by atoms with Gasteiger partial charge in [0.2, 0.25) is 10.0 Å². The maximum absolute atomic E-state index is 13.7. The summed E-state index contributed by atoms with van der Waals surface area (Å²) in [5.41, 5.74) is 0. The average molecular weight is 324 g/mol. The van der Waals surface area contributed by atoms with Crippen molar-refractivity contribution in [1.82, 2.24) is 4.72 Å². The highest BCUT2D eigenvalue weighted by Gasteiger charge is 2.26. The average Bonchev–Trinajstić information content (AvgIpc) is 2.31. The lowest BCUT2D eigenvalue weighted by Crippen LogP contribution is -2.35. The van der Waals surface area contributed by atoms with Crippen LogP contribution in [0.25, 0.3) is 0 Å². The summed E-state index contributed by atoms with van der Waals surface area (Å²) in [4.78, 5) is 10.4. The predicted octanol–water partition coefficient (Wildman–Crippen LogP) is 2.11. The first-order valence-electron chi connectivity index (χ1n) is 5.83. The summed E-state index contributed by atoms with van der Waals surface area (Å²) in [6.07, 6.45) is 0. The van der Waals surface area contributed by atoms with Crippen molar-refractivity contribution in [2.75, 3.05) is 6.54 Å². The molecule has 8 heteroatoms. The van der Waals surface area contributed by atoms with Crippen LogP contribution >= 0.6 is 11.6 Å². The molecule has 0 bridgehead atoms. The van der Waals surface area contributed by atoms with Crippen LogP contribution in [0.3, 0.4) is 0 Å². The molecule has 0 fully saturated rings. The maximum Gasteiger partial charge on any atom is 0.308 e. The lowest BCUT2D eigenvalue weighted by molar-refractivity contribution is -0.142. The fourth-order valence-electron chi connectivity index (χ4n) is 1.58. The van der Waals surface area contributed by atoms with Gasteiger partial charge < -0.3 is 5.11 Å². The largest absolute Gasteiger partial charge is 0.481 e. The Hall–Kier alpha value is -1.18. The van der Waals surface area contributed by atoms with Gasteiger partial charge in [-0.1, -0.05) is 31.5 Å². The van der Waals surface area contributed by atoms with Crippen molar-refractivity contribution in [3.05, 3.63) is 29.0 Å². The van der Waals surface area contributed by atoms with Crippen LogP contribution in [0.1, 0.15) is 13.8 Å². The maximum atomic E-state index is 13.7. The SMILES string of the molecule is CC(C)C(CNS(=O)(=O)c1cccc(Cl)c1F)C(=O)O. The predicted molar refractivity (Wildman–Crippen MR) is 72.6 cm³/mol. The molecule has 0 saturated heterocycles. The number of hydrogen-bond donors (Lipinski definition) is 2. The second-order valence-electron chi connectivity index (χ2n) is 4.59. The summed E-state index contributed by atoms with van der Waals surface area (Å²) in [7, 11) is -4.15. The van der Waals surface area contributed by atoms with Gasteiger partial charge in [-0.3, -0.25) is 4.79 Å². The van der Waals surface area contributed by atoms with E-state index in [-0.39, 0.29) is 17.5 Å². The van der Waals surface area contributed by atoms with Crippen LogP contribution in [0, 0.1) is 17.7 Å². The fourth-order valence-corrected chi connectivity index (χ4v) is 2.97. The highest BCUT2D eigenvalue weighted by molar-refractivity contribution is 7.89. The summed E-state index contributed by atoms with van der Waals surface area (Å²) in [5.74, 6) is -3.33. The Morgan fingerprint density at radius 3 is 2.55 bits per heavy atom. The first-order valence-corrected chi connectivity index (χ1v) is 7.69. The summed E-state index contributed by atoms with van der Waals surface area (Å²) in [6.45, 7) is 3.00. The molecule has 1 rings (SSSR count). The number of hydrogen-bond acceptors (Lipinski definition) is 3. The topological polar surface area (TPSA) is 83.5 Å². The molecule has 0 heterocycles. The molecule has 0 aromatic heterocycles. The van der Waals surface area contributed by atoms with Gasteiger partial charge in [0.1, 0.15) is 4.90 Å². The molecule has 1 atom stereocenters. The summed E-state index contributed by atoms with van der Waals surface area (Å²) in [5, 5.41) is 8.67. The van der Waals surface area contributed by atoms with Crippen molar-refractivity contribution in [1.29, 1.82) is 0 Å². The van der Waals surface area contributed by atoms with Gasteiger partial charge in [0.25, 0.3) is 0 Å². The number of carboxylic acid groups (broad SMARTS) is 1. The first kappa shape index (κ1) is 16.9. The summed E-state index contributed by atoms with van der Waals surface area (Å²) >= 11 is 5.52. The quantitative estimate of drug-likeness (QED) is 0.840. The zero-order chi connectivity index (χ0) is 15.5. The Labute approximate surface area is 121 Å². The number of sulfonamides is 1. The Bertz CT molecular complexity index is 603. The van der Waals surface area contributed by atoms with E-state index in [4.69, 9.17) is 16.7 Å². The van der Waals surface area contributed by atoms with Gasteiger partial charge in [-0.05, 0) is 18.1 Å². The van der Waals surface area contributed by atoms with Gasteiger partial charge in [-0.15, -0.1) is 0 Å². The van der Waals surface area contributed by atoms with E-state index in [1.54, 1.807) is 13.8 Å². The Morgan fingerprint density at radius 2 is 2.05 bits per heavy atom. The third kappa shape index (κ3) is 3.91. The Kier molecular flexibility index (Phi) is 5.50. The standard InChI is InChI=1S/C12H15ClFNO4S/c1-7(2)8(12(16)17)6-15-20(18,19)10-5-3-4-9(13)11(10)14/h3-5,7-8,15H,6H2,1-2H3,(H,16,17). The van der Waals surface area contributed by atoms with Crippen molar-refractivity contribution in [2.24, 2.45) is 11.8 Å². The monoisotopic (exact) mass is 323 g/mol. The molecule has 5 nitrogen and oxygen atoms in total. The molecule has 2 N–H and O–H groups in total. The first-order chi connectivity index (χ1) is 9.16. The molecule has 0 aliphatic carbocycles. The molecule has 0 spiro atoms. The number of aliphatic carboxylic acids is 1. The van der Waals surface area contributed by atoms with E-state index in [1.165, 1.54) is 12.1 Å². The van der Waals surface area contributed by atoms with Gasteiger partial charge in [0.15, 0.2) is 5.82 Å². The van der Waals surface area contributed by atoms with Gasteiger partial charge in [0, 0.05) is 6.54 Å². The summed E-state index contributed by atoms with van der Waals surface area (Å²) < 4.78 is 39.7. The molecule has 112 valence electrons. The third-order valence-corrected chi connectivity index (χ3v) is 4.55. The molecular weight excluding hydrogens is 309 g/mol. The molecule has 0 aliphatic heterocycles. The molecule has 20 heavy (non-hydrogen) atoms. The lowest BCUT2D eigenvalue weighted by atomic mass is 9.97. The zero-order valence-electron chi connectivity index (χ0n) is 10.9. The molecular formula is C12H15ClFNO4S. The Balaban J connectivity index is 2.96. The molecule has 0 radical (unpaired) electrons. The molecule has 1 aromatic rings. The molecule has 1 aromatic carbocycles. The van der Waals surface area contributed by atoms with Crippen molar-refractivity contribution >= 4 is 27.6 Å². The minimum Gasteiger partial charge on any atom is -0.481 e. The van der Waals surface area contributed by atoms with E-state index in [9.17, 15) is 17.6 Å². The van der Waals surface area contributed by atoms with Crippen LogP contribution in [0.2, 0.25) is 5.02 Å². The van der Waals surface area contributed by atoms with Crippen LogP contribution in [-0.2, 0) is 14.8 Å². The van der Waals surface area contributed by atoms with Crippen LogP contribution in [0.4, 0.5) is 4.39 Å². The van der Waals surface area contributed by atoms with Gasteiger partial charge in [-0.2, -0.15) is 0 Å². The number of halogens is 2. The van der Waals surface area contributed by atoms with E-state index >= 15 is 0 Å². The van der Waals surface area contributed by atoms with E-state index in [0.717, 1.165) is 6.07 Å². The van der Waals surface area contributed by atoms with Gasteiger partial charge >= 0.3 is 5.97 Å². The third-order valence-electron chi connectivity index (χ3n) is 2.82. The van der Waals surface area contributed by atoms with Crippen molar-refractivity contribution in [3.8, 4) is 0 Å². The number of nitrogens with one attached hydrogen (secondary N) is 1. The van der Waals surface area contributed by atoms with Crippen molar-refractivity contribution in [2.45, 2.75) is 18.7 Å². The molecule has 0 saturated carbocycles. The fraction of sp³-hybridized carbons (Fsp3) is 0.417. The van der Waals surface area contributed by atoms with Gasteiger partial charge in [0.05, 0.1) is 10.9 Å². The van der Waals surface area contributed by atoms with Crippen LogP contribution in [0.5, 0.6) is 0 Å². The minimum atomic E-state index is -4.15. The summed E-state index contributed by atoms with van der Waals surface area (Å²) in [6, 6.07) is 3.59. The van der Waals surface area contributed by atoms with Gasteiger partial charge in [-0.25, -0.2) is 17.5 Å². The number of carboxylic acids is 1. The Morgan fingerprint density at radius 1 is 1.45 bits per heavy atom. The number of benzene rings is 1. The van der Waals surface area contributed by atoms with E-state index in [0.29, 0.717) is 0 Å². The number of carbonyl (C=O) groups is 1.